The Labute approximate surface area is 116 Å². The molecule has 6 heteroatoms. The first-order valence-corrected chi connectivity index (χ1v) is 5.86. The van der Waals surface area contributed by atoms with Crippen LogP contribution in [0.4, 0.5) is 13.2 Å². The molecule has 0 bridgehead atoms. The molecule has 0 aromatic heterocycles. The second kappa shape index (κ2) is 7.22. The van der Waals surface area contributed by atoms with Crippen LogP contribution in [0.1, 0.15) is 43.4 Å². The molecule has 2 N–H and O–H groups in total. The summed E-state index contributed by atoms with van der Waals surface area (Å²) < 4.78 is 37.9. The molecule has 0 heterocycles. The van der Waals surface area contributed by atoms with E-state index in [1.807, 2.05) is 6.92 Å². The summed E-state index contributed by atoms with van der Waals surface area (Å²) in [4.78, 5) is 0. The second-order valence-electron chi connectivity index (χ2n) is 3.99. The highest BCUT2D eigenvalue weighted by Gasteiger charge is 2.33. The fraction of sp³-hybridized carbons (Fsp3) is 0.500. The van der Waals surface area contributed by atoms with Gasteiger partial charge < -0.3 is 5.73 Å². The van der Waals surface area contributed by atoms with E-state index in [4.69, 9.17) is 17.3 Å². The number of hydrogen-bond acceptors (Lipinski definition) is 1. The van der Waals surface area contributed by atoms with Gasteiger partial charge in [-0.2, -0.15) is 13.2 Å². The van der Waals surface area contributed by atoms with Crippen LogP contribution >= 0.6 is 24.0 Å². The minimum Gasteiger partial charge on any atom is -0.324 e. The molecule has 1 atom stereocenters. The smallest absolute Gasteiger partial charge is 0.324 e. The Hall–Kier alpha value is -0.450. The van der Waals surface area contributed by atoms with E-state index in [2.05, 4.69) is 0 Å². The van der Waals surface area contributed by atoms with Gasteiger partial charge in [0.05, 0.1) is 10.6 Å². The molecule has 0 aliphatic rings. The monoisotopic (exact) mass is 301 g/mol. The standard InChI is InChI=1S/C12H15ClF3N.ClH/c1-2-3-4-11(17)8-5-6-10(13)9(7-8)12(14,15)16;/h5-7,11H,2-4,17H2,1H3;1H/t11-;/m1./s1. The van der Waals surface area contributed by atoms with Crippen molar-refractivity contribution in [2.45, 2.75) is 38.4 Å². The summed E-state index contributed by atoms with van der Waals surface area (Å²) in [6.45, 7) is 2.01. The van der Waals surface area contributed by atoms with Crippen LogP contribution in [0.25, 0.3) is 0 Å². The summed E-state index contributed by atoms with van der Waals surface area (Å²) in [5, 5.41) is -0.288. The summed E-state index contributed by atoms with van der Waals surface area (Å²) in [6, 6.07) is 3.49. The fourth-order valence-electron chi connectivity index (χ4n) is 1.58. The van der Waals surface area contributed by atoms with E-state index >= 15 is 0 Å². The lowest BCUT2D eigenvalue weighted by molar-refractivity contribution is -0.137. The molecule has 104 valence electrons. The summed E-state index contributed by atoms with van der Waals surface area (Å²) in [5.74, 6) is 0. The molecule has 0 radical (unpaired) electrons. The number of benzene rings is 1. The molecule has 0 unspecified atom stereocenters. The number of alkyl halides is 3. The zero-order valence-corrected chi connectivity index (χ0v) is 11.5. The second-order valence-corrected chi connectivity index (χ2v) is 4.39. The maximum atomic E-state index is 12.6. The number of unbranched alkanes of at least 4 members (excludes halogenated alkanes) is 1. The van der Waals surface area contributed by atoms with E-state index in [1.54, 1.807) is 6.07 Å². The van der Waals surface area contributed by atoms with Gasteiger partial charge in [-0.25, -0.2) is 0 Å². The molecule has 0 amide bonds. The van der Waals surface area contributed by atoms with Crippen LogP contribution in [0.15, 0.2) is 18.2 Å². The Morgan fingerprint density at radius 1 is 1.33 bits per heavy atom. The van der Waals surface area contributed by atoms with Crippen molar-refractivity contribution in [2.24, 2.45) is 5.73 Å². The lowest BCUT2D eigenvalue weighted by atomic mass is 10.00. The normalized spacial score (nSPS) is 13.0. The molecular weight excluding hydrogens is 286 g/mol. The Bertz CT molecular complexity index is 380. The van der Waals surface area contributed by atoms with Gasteiger partial charge in [0, 0.05) is 6.04 Å². The Balaban J connectivity index is 0.00000289. The van der Waals surface area contributed by atoms with E-state index in [0.717, 1.165) is 18.9 Å². The summed E-state index contributed by atoms with van der Waals surface area (Å²) in [5.41, 5.74) is 5.50. The molecule has 1 aromatic rings. The van der Waals surface area contributed by atoms with Gasteiger partial charge in [0.1, 0.15) is 0 Å². The molecule has 0 fully saturated rings. The quantitative estimate of drug-likeness (QED) is 0.835. The number of rotatable bonds is 4. The summed E-state index contributed by atoms with van der Waals surface area (Å²) in [6.07, 6.45) is -1.90. The lowest BCUT2D eigenvalue weighted by Crippen LogP contribution is -2.13. The van der Waals surface area contributed by atoms with E-state index in [1.165, 1.54) is 6.07 Å². The number of hydrogen-bond donors (Lipinski definition) is 1. The minimum atomic E-state index is -4.43. The third-order valence-corrected chi connectivity index (χ3v) is 2.92. The Morgan fingerprint density at radius 3 is 2.44 bits per heavy atom. The number of nitrogens with two attached hydrogens (primary N) is 1. The van der Waals surface area contributed by atoms with Gasteiger partial charge in [-0.1, -0.05) is 37.4 Å². The van der Waals surface area contributed by atoms with Crippen LogP contribution in [0.2, 0.25) is 5.02 Å². The van der Waals surface area contributed by atoms with Crippen LogP contribution in [0.5, 0.6) is 0 Å². The van der Waals surface area contributed by atoms with Crippen molar-refractivity contribution in [3.05, 3.63) is 34.3 Å². The SMILES string of the molecule is CCCC[C@@H](N)c1ccc(Cl)c(C(F)(F)F)c1.Cl. The first-order valence-electron chi connectivity index (χ1n) is 5.48. The summed E-state index contributed by atoms with van der Waals surface area (Å²) in [7, 11) is 0. The number of halogens is 5. The molecule has 1 aromatic carbocycles. The average molecular weight is 302 g/mol. The van der Waals surface area contributed by atoms with Gasteiger partial charge in [0.25, 0.3) is 0 Å². The van der Waals surface area contributed by atoms with Crippen LogP contribution in [0.3, 0.4) is 0 Å². The molecule has 1 rings (SSSR count). The topological polar surface area (TPSA) is 26.0 Å². The minimum absolute atomic E-state index is 0. The Morgan fingerprint density at radius 2 is 1.94 bits per heavy atom. The van der Waals surface area contributed by atoms with Crippen molar-refractivity contribution >= 4 is 24.0 Å². The molecule has 0 spiro atoms. The zero-order valence-electron chi connectivity index (χ0n) is 9.93. The van der Waals surface area contributed by atoms with E-state index < -0.39 is 11.7 Å². The molecule has 18 heavy (non-hydrogen) atoms. The molecule has 0 aliphatic heterocycles. The van der Waals surface area contributed by atoms with Crippen molar-refractivity contribution < 1.29 is 13.2 Å². The van der Waals surface area contributed by atoms with Crippen molar-refractivity contribution in [3.63, 3.8) is 0 Å². The van der Waals surface area contributed by atoms with Gasteiger partial charge >= 0.3 is 6.18 Å². The van der Waals surface area contributed by atoms with Gasteiger partial charge in [0.2, 0.25) is 0 Å². The fourth-order valence-corrected chi connectivity index (χ4v) is 1.81. The van der Waals surface area contributed by atoms with Gasteiger partial charge in [-0.15, -0.1) is 12.4 Å². The lowest BCUT2D eigenvalue weighted by Gasteiger charge is -2.15. The predicted octanol–water partition coefficient (Wildman–Crippen LogP) is 4.97. The molecule has 0 aliphatic carbocycles. The van der Waals surface area contributed by atoms with E-state index in [9.17, 15) is 13.2 Å². The van der Waals surface area contributed by atoms with Gasteiger partial charge in [0.15, 0.2) is 0 Å². The average Bonchev–Trinajstić information content (AvgIpc) is 2.25. The first-order chi connectivity index (χ1) is 7.86. The van der Waals surface area contributed by atoms with E-state index in [-0.39, 0.29) is 23.5 Å². The third kappa shape index (κ3) is 4.67. The molecule has 0 saturated carbocycles. The maximum Gasteiger partial charge on any atom is 0.417 e. The van der Waals surface area contributed by atoms with Crippen molar-refractivity contribution in [1.82, 2.24) is 0 Å². The van der Waals surface area contributed by atoms with E-state index in [0.29, 0.717) is 12.0 Å². The van der Waals surface area contributed by atoms with Crippen LogP contribution < -0.4 is 5.73 Å². The van der Waals surface area contributed by atoms with Crippen LogP contribution in [-0.4, -0.2) is 0 Å². The first kappa shape index (κ1) is 17.6. The van der Waals surface area contributed by atoms with Crippen molar-refractivity contribution in [3.8, 4) is 0 Å². The highest BCUT2D eigenvalue weighted by molar-refractivity contribution is 6.31. The predicted molar refractivity (Wildman–Crippen MR) is 70.2 cm³/mol. The highest BCUT2D eigenvalue weighted by Crippen LogP contribution is 2.36. The largest absolute Gasteiger partial charge is 0.417 e. The zero-order chi connectivity index (χ0) is 13.1. The maximum absolute atomic E-state index is 12.6. The van der Waals surface area contributed by atoms with Gasteiger partial charge in [-0.3, -0.25) is 0 Å². The third-order valence-electron chi connectivity index (χ3n) is 2.59. The van der Waals surface area contributed by atoms with Crippen LogP contribution in [-0.2, 0) is 6.18 Å². The molecular formula is C12H16Cl2F3N. The molecule has 0 saturated heterocycles. The highest BCUT2D eigenvalue weighted by atomic mass is 35.5. The van der Waals surface area contributed by atoms with Crippen molar-refractivity contribution in [2.75, 3.05) is 0 Å². The summed E-state index contributed by atoms with van der Waals surface area (Å²) >= 11 is 5.53. The molecule has 1 nitrogen and oxygen atoms in total. The van der Waals surface area contributed by atoms with Crippen molar-refractivity contribution in [1.29, 1.82) is 0 Å². The van der Waals surface area contributed by atoms with Crippen LogP contribution in [0, 0.1) is 0 Å². The van der Waals surface area contributed by atoms with Gasteiger partial charge in [-0.05, 0) is 24.1 Å². The Kier molecular flexibility index (Phi) is 7.04.